The Kier molecular flexibility index (Phi) is 5.56. The molecule has 0 aliphatic heterocycles. The molecule has 5 nitrogen and oxygen atoms in total. The number of hydrogen-bond acceptors (Lipinski definition) is 3. The topological polar surface area (TPSA) is 87.7 Å². The third-order valence-electron chi connectivity index (χ3n) is 3.69. The van der Waals surface area contributed by atoms with E-state index in [-0.39, 0.29) is 11.7 Å². The van der Waals surface area contributed by atoms with Crippen LogP contribution in [0.2, 0.25) is 0 Å². The Bertz CT molecular complexity index is 525. The van der Waals surface area contributed by atoms with Gasteiger partial charge in [-0.05, 0) is 37.5 Å². The van der Waals surface area contributed by atoms with E-state index < -0.39 is 5.41 Å². The zero-order valence-corrected chi connectivity index (χ0v) is 13.5. The number of aryl methyl sites for hydroxylation is 1. The standard InChI is InChI=1S/C14H20BrN3O2/c1-4-14(5-2,12(16)18-20)13(19)17-11-8-10(15)7-6-9(11)3/h6-8,20H,4-5H2,1-3H3,(H2,16,18)(H,17,19). The van der Waals surface area contributed by atoms with Crippen LogP contribution in [0.15, 0.2) is 27.8 Å². The van der Waals surface area contributed by atoms with Crippen molar-refractivity contribution in [1.82, 2.24) is 0 Å². The molecule has 1 aromatic rings. The van der Waals surface area contributed by atoms with Crippen molar-refractivity contribution in [2.45, 2.75) is 33.6 Å². The molecule has 1 amide bonds. The number of amidine groups is 1. The van der Waals surface area contributed by atoms with Crippen molar-refractivity contribution in [3.8, 4) is 0 Å². The zero-order valence-electron chi connectivity index (χ0n) is 11.9. The van der Waals surface area contributed by atoms with Crippen LogP contribution in [0, 0.1) is 12.3 Å². The molecule has 0 spiro atoms. The van der Waals surface area contributed by atoms with Gasteiger partial charge < -0.3 is 16.3 Å². The molecule has 0 radical (unpaired) electrons. The van der Waals surface area contributed by atoms with Crippen LogP contribution in [0.4, 0.5) is 5.69 Å². The van der Waals surface area contributed by atoms with E-state index in [2.05, 4.69) is 26.4 Å². The number of carbonyl (C=O) groups is 1. The lowest BCUT2D eigenvalue weighted by Gasteiger charge is -2.29. The number of oxime groups is 1. The normalized spacial score (nSPS) is 12.3. The van der Waals surface area contributed by atoms with Crippen molar-refractivity contribution >= 4 is 33.4 Å². The van der Waals surface area contributed by atoms with Gasteiger partial charge in [-0.2, -0.15) is 0 Å². The van der Waals surface area contributed by atoms with Gasteiger partial charge in [0.05, 0.1) is 0 Å². The summed E-state index contributed by atoms with van der Waals surface area (Å²) < 4.78 is 0.876. The number of hydrogen-bond donors (Lipinski definition) is 3. The number of nitrogens with zero attached hydrogens (tertiary/aromatic N) is 1. The molecule has 110 valence electrons. The number of anilines is 1. The quantitative estimate of drug-likeness (QED) is 0.332. The SMILES string of the molecule is CCC(CC)(C(=O)Nc1cc(Br)ccc1C)C(N)=NO. The van der Waals surface area contributed by atoms with E-state index in [1.165, 1.54) is 0 Å². The van der Waals surface area contributed by atoms with E-state index in [1.54, 1.807) is 0 Å². The van der Waals surface area contributed by atoms with E-state index in [9.17, 15) is 4.79 Å². The molecule has 0 fully saturated rings. The van der Waals surface area contributed by atoms with Gasteiger partial charge in [-0.25, -0.2) is 0 Å². The van der Waals surface area contributed by atoms with Crippen LogP contribution in [-0.2, 0) is 4.79 Å². The van der Waals surface area contributed by atoms with Crippen LogP contribution in [-0.4, -0.2) is 17.0 Å². The minimum atomic E-state index is -0.997. The van der Waals surface area contributed by atoms with Gasteiger partial charge in [-0.15, -0.1) is 0 Å². The minimum absolute atomic E-state index is 0.0624. The molecule has 1 rings (SSSR count). The molecule has 20 heavy (non-hydrogen) atoms. The first-order valence-corrected chi connectivity index (χ1v) is 7.26. The Morgan fingerprint density at radius 1 is 1.45 bits per heavy atom. The van der Waals surface area contributed by atoms with E-state index in [0.29, 0.717) is 18.5 Å². The van der Waals surface area contributed by atoms with Crippen molar-refractivity contribution in [3.63, 3.8) is 0 Å². The van der Waals surface area contributed by atoms with Crippen LogP contribution >= 0.6 is 15.9 Å². The molecule has 0 saturated heterocycles. The second-order valence-electron chi connectivity index (χ2n) is 4.69. The van der Waals surface area contributed by atoms with Gasteiger partial charge in [0.1, 0.15) is 5.41 Å². The van der Waals surface area contributed by atoms with Crippen molar-refractivity contribution in [2.75, 3.05) is 5.32 Å². The van der Waals surface area contributed by atoms with E-state index in [0.717, 1.165) is 10.0 Å². The van der Waals surface area contributed by atoms with Gasteiger partial charge in [0.2, 0.25) is 5.91 Å². The van der Waals surface area contributed by atoms with Crippen molar-refractivity contribution in [2.24, 2.45) is 16.3 Å². The van der Waals surface area contributed by atoms with Crippen molar-refractivity contribution in [1.29, 1.82) is 0 Å². The first-order chi connectivity index (χ1) is 9.41. The molecular formula is C14H20BrN3O2. The molecule has 0 aliphatic carbocycles. The highest BCUT2D eigenvalue weighted by atomic mass is 79.9. The Labute approximate surface area is 127 Å². The lowest BCUT2D eigenvalue weighted by Crippen LogP contribution is -2.46. The van der Waals surface area contributed by atoms with Crippen molar-refractivity contribution in [3.05, 3.63) is 28.2 Å². The average Bonchev–Trinajstić information content (AvgIpc) is 2.44. The smallest absolute Gasteiger partial charge is 0.238 e. The lowest BCUT2D eigenvalue weighted by molar-refractivity contribution is -0.122. The Balaban J connectivity index is 3.12. The lowest BCUT2D eigenvalue weighted by atomic mass is 9.80. The number of nitrogens with one attached hydrogen (secondary N) is 1. The Hall–Kier alpha value is -1.56. The highest BCUT2D eigenvalue weighted by molar-refractivity contribution is 9.10. The Morgan fingerprint density at radius 3 is 2.55 bits per heavy atom. The minimum Gasteiger partial charge on any atom is -0.409 e. The van der Waals surface area contributed by atoms with Crippen LogP contribution < -0.4 is 11.1 Å². The largest absolute Gasteiger partial charge is 0.409 e. The third kappa shape index (κ3) is 3.12. The predicted octanol–water partition coefficient (Wildman–Crippen LogP) is 3.25. The molecule has 4 N–H and O–H groups in total. The van der Waals surface area contributed by atoms with E-state index >= 15 is 0 Å². The highest BCUT2D eigenvalue weighted by Gasteiger charge is 2.40. The van der Waals surface area contributed by atoms with Crippen LogP contribution in [0.3, 0.4) is 0 Å². The second kappa shape index (κ2) is 6.74. The third-order valence-corrected chi connectivity index (χ3v) is 4.18. The summed E-state index contributed by atoms with van der Waals surface area (Å²) in [5.41, 5.74) is 6.39. The van der Waals surface area contributed by atoms with Gasteiger partial charge in [0.25, 0.3) is 0 Å². The molecular weight excluding hydrogens is 322 g/mol. The van der Waals surface area contributed by atoms with Crippen LogP contribution in [0.1, 0.15) is 32.3 Å². The number of halogens is 1. The van der Waals surface area contributed by atoms with Gasteiger partial charge in [0.15, 0.2) is 5.84 Å². The number of carbonyl (C=O) groups excluding carboxylic acids is 1. The number of rotatable bonds is 5. The summed E-state index contributed by atoms with van der Waals surface area (Å²) >= 11 is 3.37. The fourth-order valence-electron chi connectivity index (χ4n) is 2.12. The Morgan fingerprint density at radius 2 is 2.05 bits per heavy atom. The molecule has 0 unspecified atom stereocenters. The zero-order chi connectivity index (χ0) is 15.3. The molecule has 0 aliphatic rings. The molecule has 0 heterocycles. The summed E-state index contributed by atoms with van der Waals surface area (Å²) in [7, 11) is 0. The van der Waals surface area contributed by atoms with Gasteiger partial charge in [0, 0.05) is 10.2 Å². The molecule has 6 heteroatoms. The fraction of sp³-hybridized carbons (Fsp3) is 0.429. The summed E-state index contributed by atoms with van der Waals surface area (Å²) in [6.07, 6.45) is 0.913. The first-order valence-electron chi connectivity index (χ1n) is 6.46. The van der Waals surface area contributed by atoms with Gasteiger partial charge in [-0.3, -0.25) is 4.79 Å². The van der Waals surface area contributed by atoms with Crippen LogP contribution in [0.25, 0.3) is 0 Å². The first kappa shape index (κ1) is 16.5. The van der Waals surface area contributed by atoms with E-state index in [4.69, 9.17) is 10.9 Å². The molecule has 0 bridgehead atoms. The monoisotopic (exact) mass is 341 g/mol. The van der Waals surface area contributed by atoms with Gasteiger partial charge in [-0.1, -0.05) is 41.0 Å². The summed E-state index contributed by atoms with van der Waals surface area (Å²) in [6.45, 7) is 5.59. The molecule has 0 atom stereocenters. The summed E-state index contributed by atoms with van der Waals surface area (Å²) in [5, 5.41) is 14.8. The van der Waals surface area contributed by atoms with Gasteiger partial charge >= 0.3 is 0 Å². The molecule has 0 aromatic heterocycles. The maximum atomic E-state index is 12.6. The summed E-state index contributed by atoms with van der Waals surface area (Å²) in [6, 6.07) is 5.64. The fourth-order valence-corrected chi connectivity index (χ4v) is 2.48. The van der Waals surface area contributed by atoms with E-state index in [1.807, 2.05) is 39.0 Å². The van der Waals surface area contributed by atoms with Crippen molar-refractivity contribution < 1.29 is 10.0 Å². The summed E-state index contributed by atoms with van der Waals surface area (Å²) in [5.74, 6) is -0.327. The number of benzene rings is 1. The predicted molar refractivity (Wildman–Crippen MR) is 83.9 cm³/mol. The number of amides is 1. The molecule has 1 aromatic carbocycles. The summed E-state index contributed by atoms with van der Waals surface area (Å²) in [4.78, 5) is 12.6. The average molecular weight is 342 g/mol. The van der Waals surface area contributed by atoms with Crippen LogP contribution in [0.5, 0.6) is 0 Å². The highest BCUT2D eigenvalue weighted by Crippen LogP contribution is 2.30. The molecule has 0 saturated carbocycles. The maximum absolute atomic E-state index is 12.6. The second-order valence-corrected chi connectivity index (χ2v) is 5.60. The number of nitrogens with two attached hydrogens (primary N) is 1. The maximum Gasteiger partial charge on any atom is 0.238 e.